The first-order chi connectivity index (χ1) is 10.2. The smallest absolute Gasteiger partial charge is 0.274 e. The number of benzene rings is 1. The Bertz CT molecular complexity index is 633. The molecule has 1 amide bonds. The van der Waals surface area contributed by atoms with Crippen molar-refractivity contribution in [3.05, 3.63) is 54.9 Å². The Labute approximate surface area is 124 Å². The minimum absolute atomic E-state index is 0.0926. The number of para-hydroxylation sites is 2. The summed E-state index contributed by atoms with van der Waals surface area (Å²) in [5.41, 5.74) is 7.72. The van der Waals surface area contributed by atoms with Crippen LogP contribution >= 0.6 is 0 Å². The number of aromatic nitrogens is 2. The number of nitrogen functional groups attached to an aromatic ring is 1. The molecule has 0 atom stereocenters. The van der Waals surface area contributed by atoms with E-state index in [1.54, 1.807) is 34.0 Å². The zero-order valence-electron chi connectivity index (χ0n) is 12.2. The standard InChI is InChI=1S/C16H20N4O/c1-3-10-19(11-4-2)16(21)14-9-12-20(18-14)15-8-6-5-7-13(15)17/h3,5-9,12H,1,4,10-11,17H2,2H3. The Morgan fingerprint density at radius 3 is 2.86 bits per heavy atom. The molecule has 2 N–H and O–H groups in total. The maximum atomic E-state index is 12.4. The fraction of sp³-hybridized carbons (Fsp3) is 0.250. The van der Waals surface area contributed by atoms with E-state index >= 15 is 0 Å². The molecule has 0 radical (unpaired) electrons. The lowest BCUT2D eigenvalue weighted by atomic mass is 10.3. The molecule has 2 aromatic rings. The number of rotatable bonds is 6. The normalized spacial score (nSPS) is 10.3. The van der Waals surface area contributed by atoms with Crippen molar-refractivity contribution in [2.24, 2.45) is 0 Å². The van der Waals surface area contributed by atoms with Gasteiger partial charge in [0.15, 0.2) is 5.69 Å². The Kier molecular flexibility index (Phi) is 4.77. The molecule has 2 rings (SSSR count). The molecule has 0 aliphatic rings. The van der Waals surface area contributed by atoms with Gasteiger partial charge in [0.25, 0.3) is 5.91 Å². The third-order valence-corrected chi connectivity index (χ3v) is 3.12. The van der Waals surface area contributed by atoms with Gasteiger partial charge in [-0.25, -0.2) is 4.68 Å². The van der Waals surface area contributed by atoms with Crippen LogP contribution in [-0.4, -0.2) is 33.7 Å². The summed E-state index contributed by atoms with van der Waals surface area (Å²) in [4.78, 5) is 14.2. The zero-order valence-corrected chi connectivity index (χ0v) is 12.2. The van der Waals surface area contributed by atoms with Crippen molar-refractivity contribution >= 4 is 11.6 Å². The maximum absolute atomic E-state index is 12.4. The molecule has 1 aromatic carbocycles. The van der Waals surface area contributed by atoms with E-state index in [1.807, 2.05) is 25.1 Å². The Morgan fingerprint density at radius 1 is 1.43 bits per heavy atom. The van der Waals surface area contributed by atoms with Crippen LogP contribution < -0.4 is 5.73 Å². The van der Waals surface area contributed by atoms with Crippen LogP contribution in [-0.2, 0) is 0 Å². The van der Waals surface area contributed by atoms with Gasteiger partial charge in [-0.15, -0.1) is 6.58 Å². The lowest BCUT2D eigenvalue weighted by molar-refractivity contribution is 0.0767. The minimum atomic E-state index is -0.0926. The van der Waals surface area contributed by atoms with Gasteiger partial charge in [-0.2, -0.15) is 5.10 Å². The summed E-state index contributed by atoms with van der Waals surface area (Å²) in [5.74, 6) is -0.0926. The number of amides is 1. The molecule has 1 heterocycles. The highest BCUT2D eigenvalue weighted by Crippen LogP contribution is 2.16. The molecule has 0 saturated heterocycles. The highest BCUT2D eigenvalue weighted by atomic mass is 16.2. The van der Waals surface area contributed by atoms with Crippen LogP contribution in [0, 0.1) is 0 Å². The molecule has 0 saturated carbocycles. The van der Waals surface area contributed by atoms with Crippen LogP contribution in [0.1, 0.15) is 23.8 Å². The molecule has 21 heavy (non-hydrogen) atoms. The van der Waals surface area contributed by atoms with Gasteiger partial charge >= 0.3 is 0 Å². The van der Waals surface area contributed by atoms with E-state index in [9.17, 15) is 4.79 Å². The molecule has 5 nitrogen and oxygen atoms in total. The van der Waals surface area contributed by atoms with Crippen LogP contribution in [0.5, 0.6) is 0 Å². The molecule has 1 aromatic heterocycles. The van der Waals surface area contributed by atoms with Crippen molar-refractivity contribution in [1.29, 1.82) is 0 Å². The van der Waals surface area contributed by atoms with Crippen LogP contribution in [0.3, 0.4) is 0 Å². The third kappa shape index (κ3) is 3.31. The van der Waals surface area contributed by atoms with Gasteiger partial charge in [0, 0.05) is 19.3 Å². The first-order valence-corrected chi connectivity index (χ1v) is 6.98. The van der Waals surface area contributed by atoms with Crippen LogP contribution in [0.15, 0.2) is 49.2 Å². The molecule has 110 valence electrons. The molecule has 5 heteroatoms. The lowest BCUT2D eigenvalue weighted by Crippen LogP contribution is -2.32. The van der Waals surface area contributed by atoms with Crippen molar-refractivity contribution in [2.45, 2.75) is 13.3 Å². The summed E-state index contributed by atoms with van der Waals surface area (Å²) in [5, 5.41) is 4.34. The van der Waals surface area contributed by atoms with Crippen LogP contribution in [0.2, 0.25) is 0 Å². The Morgan fingerprint density at radius 2 is 2.19 bits per heavy atom. The van der Waals surface area contributed by atoms with Crippen LogP contribution in [0.25, 0.3) is 5.69 Å². The first kappa shape index (κ1) is 14.8. The number of carbonyl (C=O) groups is 1. The average molecular weight is 284 g/mol. The zero-order chi connectivity index (χ0) is 15.2. The van der Waals surface area contributed by atoms with E-state index < -0.39 is 0 Å². The van der Waals surface area contributed by atoms with Crippen molar-refractivity contribution in [3.63, 3.8) is 0 Å². The summed E-state index contributed by atoms with van der Waals surface area (Å²) in [6.07, 6.45) is 4.36. The number of anilines is 1. The number of hydrogen-bond acceptors (Lipinski definition) is 3. The molecule has 0 bridgehead atoms. The fourth-order valence-electron chi connectivity index (χ4n) is 2.13. The predicted octanol–water partition coefficient (Wildman–Crippen LogP) is 2.49. The summed E-state index contributed by atoms with van der Waals surface area (Å²) in [6.45, 7) is 6.93. The molecule has 0 spiro atoms. The SMILES string of the molecule is C=CCN(CCC)C(=O)c1ccn(-c2ccccc2N)n1. The van der Waals surface area contributed by atoms with Crippen LogP contribution in [0.4, 0.5) is 5.69 Å². The largest absolute Gasteiger partial charge is 0.397 e. The molecule has 0 unspecified atom stereocenters. The van der Waals surface area contributed by atoms with Gasteiger partial charge in [-0.05, 0) is 24.6 Å². The van der Waals surface area contributed by atoms with E-state index in [0.717, 1.165) is 12.1 Å². The van der Waals surface area contributed by atoms with Crippen molar-refractivity contribution < 1.29 is 4.79 Å². The molecule has 0 aliphatic heterocycles. The second-order valence-electron chi connectivity index (χ2n) is 4.74. The summed E-state index contributed by atoms with van der Waals surface area (Å²) in [6, 6.07) is 9.13. The van der Waals surface area contributed by atoms with Gasteiger partial charge in [0.05, 0.1) is 11.4 Å². The second-order valence-corrected chi connectivity index (χ2v) is 4.74. The fourth-order valence-corrected chi connectivity index (χ4v) is 2.13. The van der Waals surface area contributed by atoms with Crippen molar-refractivity contribution in [2.75, 3.05) is 18.8 Å². The monoisotopic (exact) mass is 284 g/mol. The van der Waals surface area contributed by atoms with Gasteiger partial charge < -0.3 is 10.6 Å². The number of nitrogens with two attached hydrogens (primary N) is 1. The van der Waals surface area contributed by atoms with Gasteiger partial charge in [-0.3, -0.25) is 4.79 Å². The maximum Gasteiger partial charge on any atom is 0.274 e. The van der Waals surface area contributed by atoms with E-state index in [1.165, 1.54) is 0 Å². The van der Waals surface area contributed by atoms with E-state index in [-0.39, 0.29) is 5.91 Å². The van der Waals surface area contributed by atoms with Gasteiger partial charge in [-0.1, -0.05) is 25.1 Å². The molecule has 0 aliphatic carbocycles. The minimum Gasteiger partial charge on any atom is -0.397 e. The molecule has 0 fully saturated rings. The van der Waals surface area contributed by atoms with E-state index in [2.05, 4.69) is 11.7 Å². The topological polar surface area (TPSA) is 64.2 Å². The summed E-state index contributed by atoms with van der Waals surface area (Å²) >= 11 is 0. The third-order valence-electron chi connectivity index (χ3n) is 3.12. The lowest BCUT2D eigenvalue weighted by Gasteiger charge is -2.18. The quantitative estimate of drug-likeness (QED) is 0.654. The van der Waals surface area contributed by atoms with E-state index in [0.29, 0.717) is 24.5 Å². The highest BCUT2D eigenvalue weighted by Gasteiger charge is 2.17. The van der Waals surface area contributed by atoms with Crippen molar-refractivity contribution in [1.82, 2.24) is 14.7 Å². The summed E-state index contributed by atoms with van der Waals surface area (Å²) < 4.78 is 1.63. The second kappa shape index (κ2) is 6.74. The highest BCUT2D eigenvalue weighted by molar-refractivity contribution is 5.92. The van der Waals surface area contributed by atoms with Gasteiger partial charge in [0.1, 0.15) is 0 Å². The number of nitrogens with zero attached hydrogens (tertiary/aromatic N) is 3. The Balaban J connectivity index is 2.25. The van der Waals surface area contributed by atoms with E-state index in [4.69, 9.17) is 5.73 Å². The first-order valence-electron chi connectivity index (χ1n) is 6.98. The van der Waals surface area contributed by atoms with Crippen molar-refractivity contribution in [3.8, 4) is 5.69 Å². The summed E-state index contributed by atoms with van der Waals surface area (Å²) in [7, 11) is 0. The number of hydrogen-bond donors (Lipinski definition) is 1. The average Bonchev–Trinajstić information content (AvgIpc) is 2.96. The Hall–Kier alpha value is -2.56. The number of carbonyl (C=O) groups excluding carboxylic acids is 1. The molecular weight excluding hydrogens is 264 g/mol. The van der Waals surface area contributed by atoms with Gasteiger partial charge in [0.2, 0.25) is 0 Å². The predicted molar refractivity (Wildman–Crippen MR) is 84.4 cm³/mol. The molecular formula is C16H20N4O.